The van der Waals surface area contributed by atoms with Gasteiger partial charge in [0.2, 0.25) is 11.8 Å². The summed E-state index contributed by atoms with van der Waals surface area (Å²) in [7, 11) is 0. The number of amides is 2. The molecule has 0 spiro atoms. The van der Waals surface area contributed by atoms with Crippen molar-refractivity contribution in [3.8, 4) is 0 Å². The van der Waals surface area contributed by atoms with Gasteiger partial charge in [0.15, 0.2) is 0 Å². The number of carbonyl (C=O) groups excluding carboxylic acids is 2. The summed E-state index contributed by atoms with van der Waals surface area (Å²) in [6.45, 7) is 3.67. The topological polar surface area (TPSA) is 52.7 Å². The van der Waals surface area contributed by atoms with E-state index in [1.165, 1.54) is 30.7 Å². The molecule has 2 amide bonds. The van der Waals surface area contributed by atoms with Crippen molar-refractivity contribution in [3.05, 3.63) is 54.1 Å². The lowest BCUT2D eigenvalue weighted by Crippen LogP contribution is -2.32. The first-order chi connectivity index (χ1) is 13.4. The van der Waals surface area contributed by atoms with Crippen LogP contribution in [-0.2, 0) is 9.59 Å². The van der Waals surface area contributed by atoms with Gasteiger partial charge in [-0.05, 0) is 49.2 Å². The Morgan fingerprint density at radius 2 is 1.75 bits per heavy atom. The summed E-state index contributed by atoms with van der Waals surface area (Å²) in [5.41, 5.74) is 1.74. The number of nitrogens with one attached hydrogen (secondary N) is 1. The van der Waals surface area contributed by atoms with Crippen molar-refractivity contribution in [1.82, 2.24) is 0 Å². The van der Waals surface area contributed by atoms with Crippen LogP contribution >= 0.6 is 0 Å². The summed E-state index contributed by atoms with van der Waals surface area (Å²) in [6.07, 6.45) is 2.36. The number of carbonyl (C=O) groups is 2. The Bertz CT molecular complexity index is 849. The van der Waals surface area contributed by atoms with Crippen LogP contribution in [0.4, 0.5) is 25.8 Å². The summed E-state index contributed by atoms with van der Waals surface area (Å²) in [6, 6.07) is 10.6. The minimum Gasteiger partial charge on any atom is -0.372 e. The monoisotopic (exact) mass is 387 g/mol. The third kappa shape index (κ3) is 4.85. The summed E-state index contributed by atoms with van der Waals surface area (Å²) in [4.78, 5) is 28.0. The van der Waals surface area contributed by atoms with Gasteiger partial charge in [-0.15, -0.1) is 0 Å². The average Bonchev–Trinajstić information content (AvgIpc) is 3.19. The summed E-state index contributed by atoms with van der Waals surface area (Å²) >= 11 is 0. The number of anilines is 3. The van der Waals surface area contributed by atoms with Crippen LogP contribution in [0.3, 0.4) is 0 Å². The fourth-order valence-electron chi connectivity index (χ4n) is 3.30. The molecule has 28 heavy (non-hydrogen) atoms. The molecule has 0 aromatic heterocycles. The van der Waals surface area contributed by atoms with Gasteiger partial charge in [-0.1, -0.05) is 0 Å². The van der Waals surface area contributed by atoms with E-state index in [1.807, 2.05) is 24.3 Å². The molecule has 5 nitrogen and oxygen atoms in total. The van der Waals surface area contributed by atoms with Gasteiger partial charge in [-0.2, -0.15) is 0 Å². The van der Waals surface area contributed by atoms with Crippen LogP contribution in [0.1, 0.15) is 26.2 Å². The van der Waals surface area contributed by atoms with Gasteiger partial charge in [0.25, 0.3) is 0 Å². The van der Waals surface area contributed by atoms with Crippen LogP contribution in [0.15, 0.2) is 42.5 Å². The fourth-order valence-corrected chi connectivity index (χ4v) is 3.30. The molecule has 0 unspecified atom stereocenters. The third-order valence-corrected chi connectivity index (χ3v) is 4.78. The zero-order chi connectivity index (χ0) is 20.1. The lowest BCUT2D eigenvalue weighted by Gasteiger charge is -2.23. The maximum atomic E-state index is 13.6. The Hall–Kier alpha value is -2.96. The van der Waals surface area contributed by atoms with Crippen molar-refractivity contribution >= 4 is 28.9 Å². The molecular formula is C21H23F2N3O2. The van der Waals surface area contributed by atoms with E-state index in [0.29, 0.717) is 11.8 Å². The normalized spacial score (nSPS) is 13.5. The smallest absolute Gasteiger partial charge is 0.226 e. The van der Waals surface area contributed by atoms with Crippen LogP contribution in [-0.4, -0.2) is 31.4 Å². The number of halogens is 2. The molecule has 0 atom stereocenters. The SMILES string of the molecule is CC(=O)N(CCC(=O)Nc1ccc(F)cc1F)c1ccc(N2CCCC2)cc1. The second-order valence-corrected chi connectivity index (χ2v) is 6.80. The number of rotatable bonds is 6. The summed E-state index contributed by atoms with van der Waals surface area (Å²) in [5, 5.41) is 2.40. The molecule has 2 aromatic carbocycles. The van der Waals surface area contributed by atoms with E-state index in [1.54, 1.807) is 0 Å². The molecule has 1 heterocycles. The van der Waals surface area contributed by atoms with Crippen molar-refractivity contribution in [1.29, 1.82) is 0 Å². The second-order valence-electron chi connectivity index (χ2n) is 6.80. The molecule has 2 aromatic rings. The highest BCUT2D eigenvalue weighted by Gasteiger charge is 2.16. The highest BCUT2D eigenvalue weighted by Crippen LogP contribution is 2.24. The third-order valence-electron chi connectivity index (χ3n) is 4.78. The average molecular weight is 387 g/mol. The van der Waals surface area contributed by atoms with Crippen molar-refractivity contribution in [3.63, 3.8) is 0 Å². The van der Waals surface area contributed by atoms with Crippen molar-refractivity contribution in [2.45, 2.75) is 26.2 Å². The van der Waals surface area contributed by atoms with Gasteiger partial charge in [-0.3, -0.25) is 9.59 Å². The second kappa shape index (κ2) is 8.82. The quantitative estimate of drug-likeness (QED) is 0.817. The van der Waals surface area contributed by atoms with E-state index in [2.05, 4.69) is 10.2 Å². The first kappa shape index (κ1) is 19.8. The predicted octanol–water partition coefficient (Wildman–Crippen LogP) is 3.95. The minimum atomic E-state index is -0.839. The molecule has 0 aliphatic carbocycles. The maximum Gasteiger partial charge on any atom is 0.226 e. The van der Waals surface area contributed by atoms with Gasteiger partial charge in [0, 0.05) is 50.4 Å². The molecule has 1 saturated heterocycles. The Labute approximate surface area is 162 Å². The molecule has 1 aliphatic heterocycles. The predicted molar refractivity (Wildman–Crippen MR) is 106 cm³/mol. The zero-order valence-electron chi connectivity index (χ0n) is 15.8. The van der Waals surface area contributed by atoms with Gasteiger partial charge in [0.1, 0.15) is 11.6 Å². The van der Waals surface area contributed by atoms with Crippen LogP contribution in [0, 0.1) is 11.6 Å². The molecule has 7 heteroatoms. The summed E-state index contributed by atoms with van der Waals surface area (Å²) in [5.74, 6) is -2.19. The van der Waals surface area contributed by atoms with E-state index in [0.717, 1.165) is 24.8 Å². The van der Waals surface area contributed by atoms with Crippen molar-refractivity contribution < 1.29 is 18.4 Å². The van der Waals surface area contributed by atoms with Crippen LogP contribution in [0.25, 0.3) is 0 Å². The van der Waals surface area contributed by atoms with Gasteiger partial charge in [-0.25, -0.2) is 8.78 Å². The van der Waals surface area contributed by atoms with E-state index in [9.17, 15) is 18.4 Å². The van der Waals surface area contributed by atoms with Gasteiger partial charge in [0.05, 0.1) is 5.69 Å². The molecule has 3 rings (SSSR count). The van der Waals surface area contributed by atoms with Crippen molar-refractivity contribution in [2.75, 3.05) is 34.8 Å². The van der Waals surface area contributed by atoms with Crippen LogP contribution < -0.4 is 15.1 Å². The lowest BCUT2D eigenvalue weighted by atomic mass is 10.2. The molecular weight excluding hydrogens is 364 g/mol. The van der Waals surface area contributed by atoms with Gasteiger partial charge < -0.3 is 15.1 Å². The Kier molecular flexibility index (Phi) is 6.23. The summed E-state index contributed by atoms with van der Waals surface area (Å²) < 4.78 is 26.6. The van der Waals surface area contributed by atoms with E-state index >= 15 is 0 Å². The molecule has 148 valence electrons. The first-order valence-corrected chi connectivity index (χ1v) is 9.32. The number of nitrogens with zero attached hydrogens (tertiary/aromatic N) is 2. The Morgan fingerprint density at radius 3 is 2.36 bits per heavy atom. The van der Waals surface area contributed by atoms with Crippen LogP contribution in [0.2, 0.25) is 0 Å². The molecule has 1 N–H and O–H groups in total. The molecule has 0 saturated carbocycles. The maximum absolute atomic E-state index is 13.6. The number of benzene rings is 2. The molecule has 0 bridgehead atoms. The number of hydrogen-bond donors (Lipinski definition) is 1. The Morgan fingerprint density at radius 1 is 1.07 bits per heavy atom. The molecule has 0 radical (unpaired) electrons. The minimum absolute atomic E-state index is 0.00965. The highest BCUT2D eigenvalue weighted by atomic mass is 19.1. The van der Waals surface area contributed by atoms with Crippen molar-refractivity contribution in [2.24, 2.45) is 0 Å². The van der Waals surface area contributed by atoms with E-state index < -0.39 is 17.5 Å². The van der Waals surface area contributed by atoms with Crippen LogP contribution in [0.5, 0.6) is 0 Å². The zero-order valence-corrected chi connectivity index (χ0v) is 15.8. The standard InChI is InChI=1S/C21H23F2N3O2/c1-15(27)26(18-7-5-17(6-8-18)25-11-2-3-12-25)13-10-21(28)24-20-9-4-16(22)14-19(20)23/h4-9,14H,2-3,10-13H2,1H3,(H,24,28). The molecule has 1 fully saturated rings. The Balaban J connectivity index is 1.61. The van der Waals surface area contributed by atoms with E-state index in [-0.39, 0.29) is 24.6 Å². The number of hydrogen-bond acceptors (Lipinski definition) is 3. The fraction of sp³-hybridized carbons (Fsp3) is 0.333. The lowest BCUT2D eigenvalue weighted by molar-refractivity contribution is -0.117. The largest absolute Gasteiger partial charge is 0.372 e. The highest BCUT2D eigenvalue weighted by molar-refractivity contribution is 5.95. The van der Waals surface area contributed by atoms with E-state index in [4.69, 9.17) is 0 Å². The first-order valence-electron chi connectivity index (χ1n) is 9.32. The molecule has 1 aliphatic rings. The van der Waals surface area contributed by atoms with Gasteiger partial charge >= 0.3 is 0 Å².